The van der Waals surface area contributed by atoms with Crippen LogP contribution in [0.3, 0.4) is 0 Å². The lowest BCUT2D eigenvalue weighted by atomic mass is 9.76. The van der Waals surface area contributed by atoms with E-state index in [2.05, 4.69) is 32.9 Å². The lowest BCUT2D eigenvalue weighted by molar-refractivity contribution is -0.324. The molecule has 0 spiro atoms. The molecular formula is C46H70O11. The van der Waals surface area contributed by atoms with Gasteiger partial charge in [0.2, 0.25) is 0 Å². The Morgan fingerprint density at radius 2 is 1.58 bits per heavy atom. The molecule has 57 heavy (non-hydrogen) atoms. The van der Waals surface area contributed by atoms with Crippen LogP contribution < -0.4 is 4.74 Å². The van der Waals surface area contributed by atoms with Crippen molar-refractivity contribution in [3.63, 3.8) is 0 Å². The Morgan fingerprint density at radius 1 is 0.877 bits per heavy atom. The van der Waals surface area contributed by atoms with E-state index in [1.54, 1.807) is 21.3 Å². The molecule has 0 radical (unpaired) electrons. The van der Waals surface area contributed by atoms with Crippen molar-refractivity contribution >= 4 is 5.97 Å². The third-order valence-electron chi connectivity index (χ3n) is 12.5. The van der Waals surface area contributed by atoms with Gasteiger partial charge in [-0.25, -0.2) is 0 Å². The van der Waals surface area contributed by atoms with Crippen LogP contribution in [0.4, 0.5) is 0 Å². The van der Waals surface area contributed by atoms with Gasteiger partial charge in [-0.05, 0) is 76.1 Å². The van der Waals surface area contributed by atoms with Crippen LogP contribution in [-0.4, -0.2) is 99.7 Å². The molecule has 11 heteroatoms. The van der Waals surface area contributed by atoms with E-state index in [9.17, 15) is 9.90 Å². The summed E-state index contributed by atoms with van der Waals surface area (Å²) in [5, 5.41) is 11.5. The van der Waals surface area contributed by atoms with Crippen LogP contribution in [0.25, 0.3) is 0 Å². The van der Waals surface area contributed by atoms with Crippen LogP contribution in [0.5, 0.6) is 5.75 Å². The van der Waals surface area contributed by atoms with E-state index in [1.807, 2.05) is 63.2 Å². The Morgan fingerprint density at radius 3 is 2.26 bits per heavy atom. The lowest BCUT2D eigenvalue weighted by Gasteiger charge is -2.49. The monoisotopic (exact) mass is 798 g/mol. The van der Waals surface area contributed by atoms with Gasteiger partial charge < -0.3 is 47.7 Å². The molecule has 3 fully saturated rings. The van der Waals surface area contributed by atoms with Crippen molar-refractivity contribution in [1.82, 2.24) is 0 Å². The average Bonchev–Trinajstić information content (AvgIpc) is 3.20. The summed E-state index contributed by atoms with van der Waals surface area (Å²) in [6, 6.07) is 18.1. The number of hydrogen-bond donors (Lipinski definition) is 1. The lowest BCUT2D eigenvalue weighted by Crippen LogP contribution is -2.56. The Kier molecular flexibility index (Phi) is 17.2. The smallest absolute Gasteiger partial charge is 0.311 e. The van der Waals surface area contributed by atoms with Crippen LogP contribution in [0.2, 0.25) is 0 Å². The first kappa shape index (κ1) is 45.5. The quantitative estimate of drug-likeness (QED) is 0.105. The summed E-state index contributed by atoms with van der Waals surface area (Å²) in [6.45, 7) is 13.7. The number of aliphatic hydroxyl groups is 1. The maximum Gasteiger partial charge on any atom is 0.311 e. The van der Waals surface area contributed by atoms with Crippen molar-refractivity contribution in [3.05, 3.63) is 65.7 Å². The fourth-order valence-electron chi connectivity index (χ4n) is 8.99. The van der Waals surface area contributed by atoms with Gasteiger partial charge in [0.1, 0.15) is 11.9 Å². The summed E-state index contributed by atoms with van der Waals surface area (Å²) in [6.07, 6.45) is 2.84. The number of rotatable bonds is 20. The number of aliphatic hydroxyl groups excluding tert-OH is 1. The molecular weight excluding hydrogens is 728 g/mol. The number of methoxy groups -OCH3 is 3. The minimum atomic E-state index is -0.885. The van der Waals surface area contributed by atoms with Crippen LogP contribution in [0.15, 0.2) is 54.6 Å². The summed E-state index contributed by atoms with van der Waals surface area (Å²) in [5.41, 5.74) is 2.19. The second-order valence-corrected chi connectivity index (χ2v) is 17.1. The summed E-state index contributed by atoms with van der Waals surface area (Å²) < 4.78 is 55.3. The Balaban J connectivity index is 1.20. The fraction of sp³-hybridized carbons (Fsp3) is 0.717. The predicted molar refractivity (Wildman–Crippen MR) is 217 cm³/mol. The van der Waals surface area contributed by atoms with E-state index in [-0.39, 0.29) is 66.5 Å². The van der Waals surface area contributed by atoms with Crippen LogP contribution >= 0.6 is 0 Å². The molecule has 2 aromatic rings. The van der Waals surface area contributed by atoms with Crippen molar-refractivity contribution in [3.8, 4) is 5.75 Å². The SMILES string of the molecule is COc1ccc(CO[C@@H](CCOCc2ccccc2)C[C@H](OC)[C@@H](C)[C@@H]2C[C@H]([C@H](C)[C@@H]3OC(=O)[C@@H](CC[C@H]4C[C@H](OC)C[C@H](C)O4)[C@H](O)[C@@H]3C)OC(C)(C)O2)cc1. The molecule has 1 N–H and O–H groups in total. The zero-order valence-electron chi connectivity index (χ0n) is 35.8. The highest BCUT2D eigenvalue weighted by Gasteiger charge is 2.50. The molecule has 11 nitrogen and oxygen atoms in total. The molecule has 0 saturated carbocycles. The topological polar surface area (TPSA) is 120 Å². The zero-order valence-corrected chi connectivity index (χ0v) is 35.8. The molecule has 13 atom stereocenters. The average molecular weight is 799 g/mol. The maximum absolute atomic E-state index is 13.5. The number of hydrogen-bond acceptors (Lipinski definition) is 11. The fourth-order valence-corrected chi connectivity index (χ4v) is 8.99. The molecule has 2 aromatic carbocycles. The highest BCUT2D eigenvalue weighted by Crippen LogP contribution is 2.41. The van der Waals surface area contributed by atoms with Gasteiger partial charge in [-0.2, -0.15) is 0 Å². The van der Waals surface area contributed by atoms with E-state index in [1.165, 1.54) is 0 Å². The number of cyclic esters (lactones) is 1. The van der Waals surface area contributed by atoms with Gasteiger partial charge in [0, 0.05) is 51.4 Å². The van der Waals surface area contributed by atoms with Crippen molar-refractivity contribution in [2.45, 2.75) is 160 Å². The third-order valence-corrected chi connectivity index (χ3v) is 12.5. The molecule has 0 amide bonds. The predicted octanol–water partition coefficient (Wildman–Crippen LogP) is 7.68. The van der Waals surface area contributed by atoms with Crippen LogP contribution in [0, 0.1) is 23.7 Å². The minimum Gasteiger partial charge on any atom is -0.497 e. The van der Waals surface area contributed by atoms with E-state index < -0.39 is 23.9 Å². The second-order valence-electron chi connectivity index (χ2n) is 17.1. The normalized spacial score (nSPS) is 31.2. The van der Waals surface area contributed by atoms with Crippen molar-refractivity contribution in [1.29, 1.82) is 0 Å². The molecule has 0 unspecified atom stereocenters. The molecule has 3 aliphatic heterocycles. The van der Waals surface area contributed by atoms with E-state index in [4.69, 9.17) is 42.6 Å². The molecule has 3 saturated heterocycles. The van der Waals surface area contributed by atoms with Gasteiger partial charge in [0.15, 0.2) is 5.79 Å². The maximum atomic E-state index is 13.5. The number of carbonyl (C=O) groups is 1. The van der Waals surface area contributed by atoms with Crippen molar-refractivity contribution in [2.24, 2.45) is 23.7 Å². The summed E-state index contributed by atoms with van der Waals surface area (Å²) in [4.78, 5) is 13.5. The first-order chi connectivity index (χ1) is 27.3. The number of esters is 1. The molecule has 5 rings (SSSR count). The summed E-state index contributed by atoms with van der Waals surface area (Å²) >= 11 is 0. The Bertz CT molecular complexity index is 1470. The largest absolute Gasteiger partial charge is 0.497 e. The first-order valence-corrected chi connectivity index (χ1v) is 21.1. The highest BCUT2D eigenvalue weighted by molar-refractivity contribution is 5.74. The molecule has 0 aliphatic carbocycles. The minimum absolute atomic E-state index is 0.0123. The Hall–Kier alpha value is -2.61. The third kappa shape index (κ3) is 12.9. The number of benzene rings is 2. The number of ether oxygens (including phenoxy) is 9. The summed E-state index contributed by atoms with van der Waals surface area (Å²) in [7, 11) is 5.14. The summed E-state index contributed by atoms with van der Waals surface area (Å²) in [5.74, 6) is -1.52. The van der Waals surface area contributed by atoms with Gasteiger partial charge in [0.25, 0.3) is 0 Å². The van der Waals surface area contributed by atoms with Crippen LogP contribution in [0.1, 0.15) is 97.6 Å². The van der Waals surface area contributed by atoms with E-state index in [0.29, 0.717) is 51.9 Å². The Labute approximate surface area is 341 Å². The van der Waals surface area contributed by atoms with Crippen LogP contribution in [-0.2, 0) is 55.9 Å². The second kappa shape index (κ2) is 21.6. The molecule has 0 aromatic heterocycles. The molecule has 3 aliphatic rings. The van der Waals surface area contributed by atoms with Gasteiger partial charge in [0.05, 0.1) is 75.1 Å². The first-order valence-electron chi connectivity index (χ1n) is 21.1. The van der Waals surface area contributed by atoms with E-state index in [0.717, 1.165) is 29.7 Å². The molecule has 3 heterocycles. The highest BCUT2D eigenvalue weighted by atomic mass is 16.7. The van der Waals surface area contributed by atoms with Gasteiger partial charge >= 0.3 is 5.97 Å². The van der Waals surface area contributed by atoms with Gasteiger partial charge in [-0.15, -0.1) is 0 Å². The van der Waals surface area contributed by atoms with Gasteiger partial charge in [-0.3, -0.25) is 4.79 Å². The van der Waals surface area contributed by atoms with Gasteiger partial charge in [-0.1, -0.05) is 63.2 Å². The molecule has 0 bridgehead atoms. The van der Waals surface area contributed by atoms with Crippen molar-refractivity contribution in [2.75, 3.05) is 27.9 Å². The molecule has 320 valence electrons. The number of carbonyl (C=O) groups excluding carboxylic acids is 1. The van der Waals surface area contributed by atoms with Crippen molar-refractivity contribution < 1.29 is 52.5 Å². The zero-order chi connectivity index (χ0) is 41.1. The van der Waals surface area contributed by atoms with E-state index >= 15 is 0 Å². The standard InChI is InChI=1S/C46H70O11/c1-29-23-38(50-8)24-37(54-29)19-20-39-43(47)32(4)44(55-45(39)48)31(3)42-26-41(56-46(5,6)57-42)30(2)40(51-9)25-36(21-22-52-27-33-13-11-10-12-14-33)53-28-34-15-17-35(49-7)18-16-34/h10-18,29-32,36-44,47H,19-28H2,1-9H3/t29-,30+,31-,32-,36-,37-,38+,39-,40-,41-,42+,43+,44-/m0/s1.